The molecular weight excluding hydrogens is 302 g/mol. The van der Waals surface area contributed by atoms with Gasteiger partial charge < -0.3 is 9.84 Å². The number of piperidine rings is 1. The monoisotopic (exact) mass is 319 g/mol. The maximum Gasteiger partial charge on any atom is 0.0701 e. The number of aliphatic hydroxyl groups is 1. The van der Waals surface area contributed by atoms with E-state index >= 15 is 0 Å². The van der Waals surface area contributed by atoms with E-state index in [2.05, 4.69) is 32.3 Å². The minimum atomic E-state index is 0.128. The van der Waals surface area contributed by atoms with Gasteiger partial charge in [0.15, 0.2) is 0 Å². The zero-order chi connectivity index (χ0) is 12.1. The van der Waals surface area contributed by atoms with Crippen LogP contribution in [0.1, 0.15) is 17.7 Å². The first-order chi connectivity index (χ1) is 8.28. The lowest BCUT2D eigenvalue weighted by atomic mass is 10.1. The van der Waals surface area contributed by atoms with Gasteiger partial charge in [0.05, 0.1) is 19.3 Å². The number of ether oxygens (including phenoxy) is 1. The van der Waals surface area contributed by atoms with Crippen LogP contribution in [0.15, 0.2) is 15.9 Å². The number of hydrogen-bond acceptors (Lipinski definition) is 4. The van der Waals surface area contributed by atoms with E-state index < -0.39 is 0 Å². The summed E-state index contributed by atoms with van der Waals surface area (Å²) in [7, 11) is 0. The lowest BCUT2D eigenvalue weighted by Gasteiger charge is -2.31. The second-order valence-corrected chi connectivity index (χ2v) is 6.21. The van der Waals surface area contributed by atoms with Crippen LogP contribution in [0.3, 0.4) is 0 Å². The molecule has 1 aromatic rings. The van der Waals surface area contributed by atoms with E-state index in [-0.39, 0.29) is 6.61 Å². The lowest BCUT2D eigenvalue weighted by molar-refractivity contribution is -0.00886. The van der Waals surface area contributed by atoms with Gasteiger partial charge in [-0.15, -0.1) is 11.3 Å². The molecule has 2 rings (SSSR count). The molecule has 1 aliphatic rings. The average molecular weight is 320 g/mol. The summed E-state index contributed by atoms with van der Waals surface area (Å²) in [6.45, 7) is 3.83. The number of likely N-dealkylation sites (tertiary alicyclic amines) is 1. The summed E-state index contributed by atoms with van der Waals surface area (Å²) in [5, 5.41) is 10.8. The van der Waals surface area contributed by atoms with Gasteiger partial charge in [-0.2, -0.15) is 0 Å². The first-order valence-electron chi connectivity index (χ1n) is 5.95. The van der Waals surface area contributed by atoms with E-state index in [0.717, 1.165) is 32.5 Å². The Morgan fingerprint density at radius 1 is 1.47 bits per heavy atom. The van der Waals surface area contributed by atoms with Crippen molar-refractivity contribution in [2.45, 2.75) is 25.5 Å². The molecular formula is C12H18BrNO2S. The average Bonchev–Trinajstić information content (AvgIpc) is 2.74. The van der Waals surface area contributed by atoms with Crippen molar-refractivity contribution in [2.75, 3.05) is 26.3 Å². The SMILES string of the molecule is OCCOC1CCN(Cc2cc(Br)cs2)CC1. The summed E-state index contributed by atoms with van der Waals surface area (Å²) in [6, 6.07) is 2.19. The van der Waals surface area contributed by atoms with E-state index in [1.54, 1.807) is 11.3 Å². The summed E-state index contributed by atoms with van der Waals surface area (Å²) in [6.07, 6.45) is 2.49. The highest BCUT2D eigenvalue weighted by atomic mass is 79.9. The zero-order valence-corrected chi connectivity index (χ0v) is 12.2. The van der Waals surface area contributed by atoms with Crippen LogP contribution >= 0.6 is 27.3 Å². The molecule has 0 aromatic carbocycles. The summed E-state index contributed by atoms with van der Waals surface area (Å²) in [5.74, 6) is 0. The van der Waals surface area contributed by atoms with Crippen molar-refractivity contribution in [2.24, 2.45) is 0 Å². The smallest absolute Gasteiger partial charge is 0.0701 e. The predicted octanol–water partition coefficient (Wildman–Crippen LogP) is 2.48. The highest BCUT2D eigenvalue weighted by molar-refractivity contribution is 9.10. The van der Waals surface area contributed by atoms with E-state index in [4.69, 9.17) is 9.84 Å². The third kappa shape index (κ3) is 4.34. The van der Waals surface area contributed by atoms with Crippen molar-refractivity contribution in [1.29, 1.82) is 0 Å². The van der Waals surface area contributed by atoms with Gasteiger partial charge in [-0.1, -0.05) is 0 Å². The van der Waals surface area contributed by atoms with Gasteiger partial charge >= 0.3 is 0 Å². The Hall–Kier alpha value is 0.0600. The molecule has 0 spiro atoms. The van der Waals surface area contributed by atoms with Crippen LogP contribution in [0.5, 0.6) is 0 Å². The second-order valence-electron chi connectivity index (χ2n) is 4.30. The van der Waals surface area contributed by atoms with Gasteiger partial charge in [-0.25, -0.2) is 0 Å². The summed E-state index contributed by atoms with van der Waals surface area (Å²) in [4.78, 5) is 3.88. The molecule has 2 heterocycles. The molecule has 1 saturated heterocycles. The second kappa shape index (κ2) is 6.85. The third-order valence-electron chi connectivity index (χ3n) is 2.98. The van der Waals surface area contributed by atoms with Crippen LogP contribution in [0.2, 0.25) is 0 Å². The van der Waals surface area contributed by atoms with E-state index in [9.17, 15) is 0 Å². The molecule has 0 radical (unpaired) electrons. The highest BCUT2D eigenvalue weighted by Gasteiger charge is 2.19. The minimum absolute atomic E-state index is 0.128. The van der Waals surface area contributed by atoms with Crippen LogP contribution in [0, 0.1) is 0 Å². The fourth-order valence-corrected chi connectivity index (χ4v) is 3.60. The molecule has 5 heteroatoms. The van der Waals surface area contributed by atoms with Gasteiger partial charge in [0.1, 0.15) is 0 Å². The highest BCUT2D eigenvalue weighted by Crippen LogP contribution is 2.23. The quantitative estimate of drug-likeness (QED) is 0.905. The van der Waals surface area contributed by atoms with Crippen LogP contribution in [-0.2, 0) is 11.3 Å². The fraction of sp³-hybridized carbons (Fsp3) is 0.667. The van der Waals surface area contributed by atoms with Crippen molar-refractivity contribution < 1.29 is 9.84 Å². The number of hydrogen-bond donors (Lipinski definition) is 1. The van der Waals surface area contributed by atoms with E-state index in [1.165, 1.54) is 9.35 Å². The summed E-state index contributed by atoms with van der Waals surface area (Å²) >= 11 is 5.29. The van der Waals surface area contributed by atoms with Crippen molar-refractivity contribution in [3.05, 3.63) is 20.8 Å². The van der Waals surface area contributed by atoms with Gasteiger partial charge in [0.25, 0.3) is 0 Å². The fourth-order valence-electron chi connectivity index (χ4n) is 2.11. The molecule has 0 atom stereocenters. The van der Waals surface area contributed by atoms with E-state index in [0.29, 0.717) is 12.7 Å². The lowest BCUT2D eigenvalue weighted by Crippen LogP contribution is -2.36. The van der Waals surface area contributed by atoms with Gasteiger partial charge in [0.2, 0.25) is 0 Å². The number of rotatable bonds is 5. The Bertz CT molecular complexity index is 337. The van der Waals surface area contributed by atoms with E-state index in [1.807, 2.05) is 0 Å². The van der Waals surface area contributed by atoms with Crippen LogP contribution in [0.4, 0.5) is 0 Å². The molecule has 1 fully saturated rings. The molecule has 0 unspecified atom stereocenters. The molecule has 0 saturated carbocycles. The number of thiophene rings is 1. The maximum absolute atomic E-state index is 8.71. The van der Waals surface area contributed by atoms with Crippen LogP contribution in [-0.4, -0.2) is 42.4 Å². The molecule has 17 heavy (non-hydrogen) atoms. The Balaban J connectivity index is 1.72. The molecule has 0 bridgehead atoms. The normalized spacial score (nSPS) is 18.7. The third-order valence-corrected chi connectivity index (χ3v) is 4.66. The van der Waals surface area contributed by atoms with Crippen molar-refractivity contribution >= 4 is 27.3 Å². The summed E-state index contributed by atoms with van der Waals surface area (Å²) < 4.78 is 6.73. The Morgan fingerprint density at radius 2 is 2.24 bits per heavy atom. The topological polar surface area (TPSA) is 32.7 Å². The Kier molecular flexibility index (Phi) is 5.44. The largest absolute Gasteiger partial charge is 0.394 e. The first kappa shape index (κ1) is 13.5. The molecule has 96 valence electrons. The molecule has 1 N–H and O–H groups in total. The van der Waals surface area contributed by atoms with Crippen molar-refractivity contribution in [1.82, 2.24) is 4.90 Å². The predicted molar refractivity (Wildman–Crippen MR) is 73.4 cm³/mol. The van der Waals surface area contributed by atoms with Gasteiger partial charge in [-0.3, -0.25) is 4.90 Å². The number of aliphatic hydroxyl groups excluding tert-OH is 1. The zero-order valence-electron chi connectivity index (χ0n) is 9.77. The standard InChI is InChI=1S/C12H18BrNO2S/c13-10-7-12(17-9-10)8-14-3-1-11(2-4-14)16-6-5-15/h7,9,11,15H,1-6,8H2. The van der Waals surface area contributed by atoms with Crippen molar-refractivity contribution in [3.8, 4) is 0 Å². The first-order valence-corrected chi connectivity index (χ1v) is 7.63. The van der Waals surface area contributed by atoms with Crippen LogP contribution < -0.4 is 0 Å². The molecule has 0 amide bonds. The molecule has 1 aliphatic heterocycles. The molecule has 0 aliphatic carbocycles. The number of nitrogens with zero attached hydrogens (tertiary/aromatic N) is 1. The number of halogens is 1. The van der Waals surface area contributed by atoms with Gasteiger partial charge in [0, 0.05) is 34.4 Å². The Labute approximate surface area is 115 Å². The minimum Gasteiger partial charge on any atom is -0.394 e. The maximum atomic E-state index is 8.71. The summed E-state index contributed by atoms with van der Waals surface area (Å²) in [5.41, 5.74) is 0. The Morgan fingerprint density at radius 3 is 2.82 bits per heavy atom. The van der Waals surface area contributed by atoms with Gasteiger partial charge in [-0.05, 0) is 34.8 Å². The van der Waals surface area contributed by atoms with Crippen LogP contribution in [0.25, 0.3) is 0 Å². The van der Waals surface area contributed by atoms with Crippen molar-refractivity contribution in [3.63, 3.8) is 0 Å². The molecule has 3 nitrogen and oxygen atoms in total. The molecule has 1 aromatic heterocycles.